The SMILES string of the molecule is CC(=O)OCC1O[C@@H](SC(C)=O)C(S[C@H]2O[C@H](COC(C)=O)[C@@H](OC(C)=O)[C@H](OC(C)=O)[C@H]2OC(C)=O)[C@@H](OC(C)=O)[C@@H]1OC(C)=O. The predicted octanol–water partition coefficient (Wildman–Crippen LogP) is 0.602. The van der Waals surface area contributed by atoms with Gasteiger partial charge in [0.1, 0.15) is 36.3 Å². The third kappa shape index (κ3) is 12.6. The van der Waals surface area contributed by atoms with E-state index in [0.717, 1.165) is 60.2 Å². The normalized spacial score (nSPS) is 30.1. The summed E-state index contributed by atoms with van der Waals surface area (Å²) in [6, 6.07) is 0. The number of hydrogen-bond donors (Lipinski definition) is 0. The Morgan fingerprint density at radius 3 is 1.23 bits per heavy atom. The maximum absolute atomic E-state index is 12.4. The lowest BCUT2D eigenvalue weighted by Gasteiger charge is -2.48. The van der Waals surface area contributed by atoms with Gasteiger partial charge in [0.2, 0.25) is 0 Å². The summed E-state index contributed by atoms with van der Waals surface area (Å²) in [6.45, 7) is 7.92. The summed E-state index contributed by atoms with van der Waals surface area (Å²) >= 11 is 1.46. The zero-order valence-corrected chi connectivity index (χ0v) is 28.6. The summed E-state index contributed by atoms with van der Waals surface area (Å²) < 4.78 is 50.0. The first-order valence-electron chi connectivity index (χ1n) is 14.2. The Kier molecular flexibility index (Phi) is 15.4. The van der Waals surface area contributed by atoms with Crippen LogP contribution in [0.3, 0.4) is 0 Å². The molecule has 0 saturated carbocycles. The van der Waals surface area contributed by atoms with Gasteiger partial charge in [-0.2, -0.15) is 0 Å². The minimum Gasteiger partial charge on any atom is -0.463 e. The van der Waals surface area contributed by atoms with Crippen LogP contribution in [0.15, 0.2) is 0 Å². The van der Waals surface area contributed by atoms with Gasteiger partial charge >= 0.3 is 41.8 Å². The Balaban J connectivity index is 2.72. The number of carbonyl (C=O) groups excluding carboxylic acids is 8. The average Bonchev–Trinajstić information content (AvgIpc) is 2.91. The Morgan fingerprint density at radius 1 is 0.468 bits per heavy atom. The van der Waals surface area contributed by atoms with E-state index < -0.39 is 119 Å². The highest BCUT2D eigenvalue weighted by atomic mass is 32.2. The Hall–Kier alpha value is -3.42. The van der Waals surface area contributed by atoms with E-state index >= 15 is 0 Å². The van der Waals surface area contributed by atoms with Crippen LogP contribution < -0.4 is 0 Å². The second-order valence-corrected chi connectivity index (χ2v) is 12.8. The van der Waals surface area contributed by atoms with Gasteiger partial charge in [-0.25, -0.2) is 0 Å². The van der Waals surface area contributed by atoms with Crippen molar-refractivity contribution in [2.24, 2.45) is 0 Å². The highest BCUT2D eigenvalue weighted by molar-refractivity contribution is 8.14. The summed E-state index contributed by atoms with van der Waals surface area (Å²) in [5, 5.41) is -1.60. The molecule has 10 atom stereocenters. The number of thioether (sulfide) groups is 2. The van der Waals surface area contributed by atoms with Crippen LogP contribution in [-0.2, 0) is 81.0 Å². The van der Waals surface area contributed by atoms with Gasteiger partial charge in [-0.1, -0.05) is 11.8 Å². The molecular formula is C28H38O17S2. The molecule has 0 aromatic carbocycles. The van der Waals surface area contributed by atoms with E-state index in [4.69, 9.17) is 42.6 Å². The lowest BCUT2D eigenvalue weighted by Crippen LogP contribution is -2.64. The molecule has 0 bridgehead atoms. The second kappa shape index (κ2) is 18.2. The van der Waals surface area contributed by atoms with Crippen molar-refractivity contribution in [3.8, 4) is 0 Å². The molecule has 0 amide bonds. The van der Waals surface area contributed by atoms with Gasteiger partial charge in [0.25, 0.3) is 0 Å². The third-order valence-electron chi connectivity index (χ3n) is 6.17. The van der Waals surface area contributed by atoms with E-state index in [1.165, 1.54) is 6.92 Å². The monoisotopic (exact) mass is 710 g/mol. The predicted molar refractivity (Wildman–Crippen MR) is 158 cm³/mol. The minimum absolute atomic E-state index is 0.444. The van der Waals surface area contributed by atoms with Gasteiger partial charge in [-0.3, -0.25) is 38.4 Å². The van der Waals surface area contributed by atoms with Gasteiger partial charge < -0.3 is 42.6 Å². The lowest BCUT2D eigenvalue weighted by molar-refractivity contribution is -0.238. The molecule has 0 spiro atoms. The van der Waals surface area contributed by atoms with Crippen LogP contribution in [-0.4, -0.2) is 119 Å². The smallest absolute Gasteiger partial charge is 0.303 e. The fraction of sp³-hybridized carbons (Fsp3) is 0.714. The van der Waals surface area contributed by atoms with Crippen molar-refractivity contribution in [3.05, 3.63) is 0 Å². The number of carbonyl (C=O) groups is 8. The molecule has 2 unspecified atom stereocenters. The van der Waals surface area contributed by atoms with Crippen LogP contribution in [0.2, 0.25) is 0 Å². The standard InChI is InChI=1S/C28H38O17S2/c1-11(29)37-9-19-21(39-13(3)31)23(41-15(5)33)25(43-17(7)35)27(44-19)47-26-24(42-16(6)34)22(40-14(4)32)20(10-38-12(2)30)45-28(26)46-18(8)36/h19-28H,9-10H2,1-8H3/t19-,20?,21-,22-,23+,24+,25-,26?,27-,28+/m1/s1. The summed E-state index contributed by atoms with van der Waals surface area (Å²) in [6.07, 6.45) is -9.74. The molecule has 2 rings (SSSR count). The van der Waals surface area contributed by atoms with Crippen LogP contribution in [0.1, 0.15) is 55.4 Å². The molecule has 2 saturated heterocycles. The fourth-order valence-corrected chi connectivity index (χ4v) is 7.34. The van der Waals surface area contributed by atoms with Crippen molar-refractivity contribution in [2.75, 3.05) is 13.2 Å². The largest absolute Gasteiger partial charge is 0.463 e. The minimum atomic E-state index is -1.51. The molecule has 2 aliphatic heterocycles. The second-order valence-electron chi connectivity index (χ2n) is 10.3. The van der Waals surface area contributed by atoms with Crippen LogP contribution >= 0.6 is 23.5 Å². The van der Waals surface area contributed by atoms with E-state index in [-0.39, 0.29) is 0 Å². The van der Waals surface area contributed by atoms with E-state index in [2.05, 4.69) is 0 Å². The van der Waals surface area contributed by atoms with Crippen molar-refractivity contribution in [3.63, 3.8) is 0 Å². The molecule has 0 aromatic heterocycles. The summed E-state index contributed by atoms with van der Waals surface area (Å²) in [5.74, 6) is -5.57. The van der Waals surface area contributed by atoms with Crippen molar-refractivity contribution < 1.29 is 81.0 Å². The van der Waals surface area contributed by atoms with Gasteiger partial charge in [-0.05, 0) is 0 Å². The first-order chi connectivity index (χ1) is 21.9. The molecule has 0 radical (unpaired) electrons. The first kappa shape index (κ1) is 39.8. The molecule has 0 N–H and O–H groups in total. The number of ether oxygens (including phenoxy) is 9. The number of rotatable bonds is 12. The van der Waals surface area contributed by atoms with Crippen LogP contribution in [0, 0.1) is 0 Å². The topological polar surface area (TPSA) is 220 Å². The molecule has 264 valence electrons. The average molecular weight is 711 g/mol. The summed E-state index contributed by atoms with van der Waals surface area (Å²) in [5.41, 5.74) is -2.57. The van der Waals surface area contributed by atoms with E-state index in [1.807, 2.05) is 0 Å². The summed E-state index contributed by atoms with van der Waals surface area (Å²) in [4.78, 5) is 96.9. The summed E-state index contributed by atoms with van der Waals surface area (Å²) in [7, 11) is 0. The number of hydrogen-bond acceptors (Lipinski definition) is 19. The van der Waals surface area contributed by atoms with Crippen molar-refractivity contribution in [1.29, 1.82) is 0 Å². The van der Waals surface area contributed by atoms with Crippen molar-refractivity contribution in [2.45, 2.75) is 114 Å². The number of esters is 7. The Morgan fingerprint density at radius 2 is 0.830 bits per heavy atom. The van der Waals surface area contributed by atoms with Crippen LogP contribution in [0.4, 0.5) is 0 Å². The van der Waals surface area contributed by atoms with Crippen molar-refractivity contribution in [1.82, 2.24) is 0 Å². The molecule has 2 heterocycles. The third-order valence-corrected chi connectivity index (χ3v) is 8.79. The maximum atomic E-state index is 12.4. The van der Waals surface area contributed by atoms with Gasteiger partial charge in [0, 0.05) is 55.4 Å². The highest BCUT2D eigenvalue weighted by Gasteiger charge is 2.57. The molecule has 2 aliphatic rings. The zero-order chi connectivity index (χ0) is 35.6. The molecule has 2 fully saturated rings. The molecule has 0 aromatic rings. The molecule has 0 aliphatic carbocycles. The molecule has 19 heteroatoms. The zero-order valence-electron chi connectivity index (χ0n) is 26.9. The van der Waals surface area contributed by atoms with Gasteiger partial charge in [-0.15, -0.1) is 11.8 Å². The van der Waals surface area contributed by atoms with Gasteiger partial charge in [0.05, 0.1) is 5.25 Å². The van der Waals surface area contributed by atoms with E-state index in [9.17, 15) is 38.4 Å². The van der Waals surface area contributed by atoms with E-state index in [1.54, 1.807) is 0 Å². The van der Waals surface area contributed by atoms with Gasteiger partial charge in [0.15, 0.2) is 35.6 Å². The first-order valence-corrected chi connectivity index (χ1v) is 16.0. The Bertz CT molecular complexity index is 1210. The van der Waals surface area contributed by atoms with Crippen LogP contribution in [0.5, 0.6) is 0 Å². The maximum Gasteiger partial charge on any atom is 0.303 e. The van der Waals surface area contributed by atoms with Crippen molar-refractivity contribution >= 4 is 70.4 Å². The fourth-order valence-electron chi connectivity index (χ4n) is 4.73. The molecule has 17 nitrogen and oxygen atoms in total. The quantitative estimate of drug-likeness (QED) is 0.200. The molecule has 47 heavy (non-hydrogen) atoms. The highest BCUT2D eigenvalue weighted by Crippen LogP contribution is 2.44. The van der Waals surface area contributed by atoms with Crippen LogP contribution in [0.25, 0.3) is 0 Å². The lowest BCUT2D eigenvalue weighted by atomic mass is 9.99. The molecular weight excluding hydrogens is 672 g/mol. The Labute approximate surface area is 278 Å². The van der Waals surface area contributed by atoms with E-state index in [0.29, 0.717) is 11.8 Å².